The first-order chi connectivity index (χ1) is 8.90. The quantitative estimate of drug-likeness (QED) is 0.916. The molecule has 0 bridgehead atoms. The maximum atomic E-state index is 5.82. The fraction of sp³-hybridized carbons (Fsp3) is 0.571. The van der Waals surface area contributed by atoms with Crippen LogP contribution in [-0.2, 0) is 0 Å². The van der Waals surface area contributed by atoms with E-state index in [2.05, 4.69) is 30.9 Å². The Morgan fingerprint density at radius 2 is 2.11 bits per heavy atom. The molecule has 104 valence electrons. The number of hydrogen-bond donors (Lipinski definition) is 1. The van der Waals surface area contributed by atoms with Gasteiger partial charge in [-0.1, -0.05) is 25.9 Å². The van der Waals surface area contributed by atoms with Gasteiger partial charge in [0.2, 0.25) is 11.7 Å². The molecule has 2 rings (SSSR count). The van der Waals surface area contributed by atoms with E-state index in [1.54, 1.807) is 6.26 Å². The van der Waals surface area contributed by atoms with Crippen molar-refractivity contribution in [2.24, 2.45) is 11.1 Å². The number of furan rings is 1. The summed E-state index contributed by atoms with van der Waals surface area (Å²) in [5.41, 5.74) is 6.98. The topological polar surface area (TPSA) is 78.1 Å². The number of aromatic nitrogens is 2. The first kappa shape index (κ1) is 13.8. The predicted molar refractivity (Wildman–Crippen MR) is 72.6 cm³/mol. The van der Waals surface area contributed by atoms with Gasteiger partial charge in [-0.2, -0.15) is 4.98 Å². The SMILES string of the molecule is Cc1ccoc1-c1noc(C(CN)CC(C)(C)C)n1. The van der Waals surface area contributed by atoms with Crippen molar-refractivity contribution in [2.45, 2.75) is 40.0 Å². The van der Waals surface area contributed by atoms with Crippen LogP contribution in [0.1, 0.15) is 44.6 Å². The minimum absolute atomic E-state index is 0.0801. The van der Waals surface area contributed by atoms with Gasteiger partial charge < -0.3 is 14.7 Å². The summed E-state index contributed by atoms with van der Waals surface area (Å²) in [5.74, 6) is 1.81. The monoisotopic (exact) mass is 263 g/mol. The molecule has 5 heteroatoms. The van der Waals surface area contributed by atoms with E-state index < -0.39 is 0 Å². The summed E-state index contributed by atoms with van der Waals surface area (Å²) >= 11 is 0. The molecular weight excluding hydrogens is 242 g/mol. The summed E-state index contributed by atoms with van der Waals surface area (Å²) in [4.78, 5) is 4.42. The van der Waals surface area contributed by atoms with E-state index in [-0.39, 0.29) is 11.3 Å². The van der Waals surface area contributed by atoms with Crippen molar-refractivity contribution in [1.82, 2.24) is 10.1 Å². The molecule has 0 aliphatic carbocycles. The Morgan fingerprint density at radius 1 is 1.37 bits per heavy atom. The maximum Gasteiger partial charge on any atom is 0.238 e. The van der Waals surface area contributed by atoms with Crippen LogP contribution in [-0.4, -0.2) is 16.7 Å². The summed E-state index contributed by atoms with van der Waals surface area (Å²) in [6.07, 6.45) is 2.53. The van der Waals surface area contributed by atoms with Crippen molar-refractivity contribution in [1.29, 1.82) is 0 Å². The highest BCUT2D eigenvalue weighted by molar-refractivity contribution is 5.51. The third-order valence-corrected chi connectivity index (χ3v) is 3.00. The molecular formula is C14H21N3O2. The van der Waals surface area contributed by atoms with Crippen LogP contribution in [0.3, 0.4) is 0 Å². The van der Waals surface area contributed by atoms with Crippen molar-refractivity contribution in [3.8, 4) is 11.6 Å². The molecule has 0 aliphatic rings. The molecule has 19 heavy (non-hydrogen) atoms. The van der Waals surface area contributed by atoms with Gasteiger partial charge in [0.1, 0.15) is 0 Å². The summed E-state index contributed by atoms with van der Waals surface area (Å²) in [5, 5.41) is 3.98. The summed E-state index contributed by atoms with van der Waals surface area (Å²) in [6.45, 7) is 8.96. The highest BCUT2D eigenvalue weighted by atomic mass is 16.5. The van der Waals surface area contributed by atoms with Crippen molar-refractivity contribution < 1.29 is 8.94 Å². The van der Waals surface area contributed by atoms with Crippen molar-refractivity contribution >= 4 is 0 Å². The lowest BCUT2D eigenvalue weighted by atomic mass is 9.84. The minimum atomic E-state index is 0.0801. The molecule has 2 aromatic rings. The van der Waals surface area contributed by atoms with E-state index in [1.807, 2.05) is 13.0 Å². The van der Waals surface area contributed by atoms with Crippen LogP contribution in [0.5, 0.6) is 0 Å². The highest BCUT2D eigenvalue weighted by Gasteiger charge is 2.25. The van der Waals surface area contributed by atoms with Gasteiger partial charge in [-0.05, 0) is 30.4 Å². The first-order valence-electron chi connectivity index (χ1n) is 6.49. The smallest absolute Gasteiger partial charge is 0.238 e. The molecule has 0 radical (unpaired) electrons. The van der Waals surface area contributed by atoms with Crippen molar-refractivity contribution in [2.75, 3.05) is 6.54 Å². The molecule has 0 saturated heterocycles. The number of nitrogens with zero attached hydrogens (tertiary/aromatic N) is 2. The number of nitrogens with two attached hydrogens (primary N) is 1. The van der Waals surface area contributed by atoms with Gasteiger partial charge in [0.25, 0.3) is 0 Å². The van der Waals surface area contributed by atoms with Gasteiger partial charge in [0.15, 0.2) is 5.76 Å². The average Bonchev–Trinajstić information content (AvgIpc) is 2.92. The van der Waals surface area contributed by atoms with E-state index in [1.165, 1.54) is 0 Å². The molecule has 0 fully saturated rings. The minimum Gasteiger partial charge on any atom is -0.461 e. The van der Waals surface area contributed by atoms with Gasteiger partial charge >= 0.3 is 0 Å². The average molecular weight is 263 g/mol. The van der Waals surface area contributed by atoms with Crippen LogP contribution >= 0.6 is 0 Å². The number of hydrogen-bond acceptors (Lipinski definition) is 5. The first-order valence-corrected chi connectivity index (χ1v) is 6.49. The Balaban J connectivity index is 2.22. The molecule has 0 amide bonds. The molecule has 1 atom stereocenters. The molecule has 5 nitrogen and oxygen atoms in total. The third kappa shape index (κ3) is 3.23. The van der Waals surface area contributed by atoms with E-state index in [0.29, 0.717) is 24.0 Å². The number of aryl methyl sites for hydroxylation is 1. The van der Waals surface area contributed by atoms with E-state index in [0.717, 1.165) is 12.0 Å². The Labute approximate surface area is 113 Å². The largest absolute Gasteiger partial charge is 0.461 e. The van der Waals surface area contributed by atoms with E-state index in [4.69, 9.17) is 14.7 Å². The lowest BCUT2D eigenvalue weighted by molar-refractivity contribution is 0.287. The normalized spacial score (nSPS) is 13.7. The maximum absolute atomic E-state index is 5.82. The van der Waals surface area contributed by atoms with Crippen LogP contribution in [0.2, 0.25) is 0 Å². The van der Waals surface area contributed by atoms with Crippen LogP contribution in [0.15, 0.2) is 21.3 Å². The van der Waals surface area contributed by atoms with Crippen LogP contribution < -0.4 is 5.73 Å². The Morgan fingerprint density at radius 3 is 2.63 bits per heavy atom. The molecule has 0 spiro atoms. The zero-order valence-corrected chi connectivity index (χ0v) is 11.9. The van der Waals surface area contributed by atoms with Crippen molar-refractivity contribution in [3.63, 3.8) is 0 Å². The summed E-state index contributed by atoms with van der Waals surface area (Å²) in [6, 6.07) is 1.88. The highest BCUT2D eigenvalue weighted by Crippen LogP contribution is 2.31. The Bertz CT molecular complexity index is 537. The standard InChI is InChI=1S/C14H21N3O2/c1-9-5-6-18-11(9)12-16-13(19-17-12)10(8-15)7-14(2,3)4/h5-6,10H,7-8,15H2,1-4H3. The zero-order valence-electron chi connectivity index (χ0n) is 11.9. The van der Waals surface area contributed by atoms with Gasteiger partial charge in [0, 0.05) is 6.54 Å². The molecule has 2 aromatic heterocycles. The van der Waals surface area contributed by atoms with E-state index in [9.17, 15) is 0 Å². The van der Waals surface area contributed by atoms with Crippen LogP contribution in [0.25, 0.3) is 11.6 Å². The van der Waals surface area contributed by atoms with Gasteiger partial charge in [0.05, 0.1) is 12.2 Å². The van der Waals surface area contributed by atoms with Crippen LogP contribution in [0.4, 0.5) is 0 Å². The fourth-order valence-corrected chi connectivity index (χ4v) is 2.11. The van der Waals surface area contributed by atoms with Gasteiger partial charge in [-0.15, -0.1) is 0 Å². The third-order valence-electron chi connectivity index (χ3n) is 3.00. The summed E-state index contributed by atoms with van der Waals surface area (Å²) in [7, 11) is 0. The summed E-state index contributed by atoms with van der Waals surface area (Å²) < 4.78 is 10.7. The predicted octanol–water partition coefficient (Wildman–Crippen LogP) is 3.12. The second-order valence-electron chi connectivity index (χ2n) is 6.09. The molecule has 0 aliphatic heterocycles. The Hall–Kier alpha value is -1.62. The van der Waals surface area contributed by atoms with Crippen molar-refractivity contribution in [3.05, 3.63) is 23.8 Å². The van der Waals surface area contributed by atoms with Crippen LogP contribution in [0, 0.1) is 12.3 Å². The lowest BCUT2D eigenvalue weighted by Crippen LogP contribution is -2.19. The Kier molecular flexibility index (Phi) is 3.75. The van der Waals surface area contributed by atoms with E-state index >= 15 is 0 Å². The molecule has 0 saturated carbocycles. The second kappa shape index (κ2) is 5.17. The molecule has 1 unspecified atom stereocenters. The number of rotatable bonds is 4. The fourth-order valence-electron chi connectivity index (χ4n) is 2.11. The molecule has 0 aromatic carbocycles. The second-order valence-corrected chi connectivity index (χ2v) is 6.09. The van der Waals surface area contributed by atoms with Gasteiger partial charge in [-0.25, -0.2) is 0 Å². The van der Waals surface area contributed by atoms with Gasteiger partial charge in [-0.3, -0.25) is 0 Å². The molecule has 2 heterocycles. The zero-order chi connectivity index (χ0) is 14.0. The molecule has 2 N–H and O–H groups in total. The lowest BCUT2D eigenvalue weighted by Gasteiger charge is -2.22.